The Bertz CT molecular complexity index is 443. The number of hydrogen-bond donors (Lipinski definition) is 3. The molecule has 1 aliphatic heterocycles. The fourth-order valence-corrected chi connectivity index (χ4v) is 2.51. The summed E-state index contributed by atoms with van der Waals surface area (Å²) in [6, 6.07) is 0.527. The number of nitrogen functional groups attached to an aromatic ring is 1. The highest BCUT2D eigenvalue weighted by Crippen LogP contribution is 2.25. The van der Waals surface area contributed by atoms with Gasteiger partial charge in [0.25, 0.3) is 0 Å². The van der Waals surface area contributed by atoms with E-state index in [0.29, 0.717) is 24.9 Å². The zero-order chi connectivity index (χ0) is 15.1. The predicted octanol–water partition coefficient (Wildman–Crippen LogP) is 0.687. The molecule has 0 bridgehead atoms. The van der Waals surface area contributed by atoms with E-state index in [1.54, 1.807) is 0 Å². The monoisotopic (exact) mass is 296 g/mol. The van der Waals surface area contributed by atoms with Gasteiger partial charge in [-0.25, -0.2) is 5.84 Å². The van der Waals surface area contributed by atoms with Crippen LogP contribution in [-0.4, -0.2) is 45.9 Å². The number of ether oxygens (including phenoxy) is 1. The average molecular weight is 296 g/mol. The highest BCUT2D eigenvalue weighted by molar-refractivity contribution is 5.39. The van der Waals surface area contributed by atoms with Crippen LogP contribution in [0.1, 0.15) is 39.0 Å². The van der Waals surface area contributed by atoms with Gasteiger partial charge in [-0.3, -0.25) is 5.43 Å². The number of hydrazine groups is 1. The summed E-state index contributed by atoms with van der Waals surface area (Å²) in [4.78, 5) is 14.9. The summed E-state index contributed by atoms with van der Waals surface area (Å²) in [5.74, 6) is 6.27. The molecule has 118 valence electrons. The van der Waals surface area contributed by atoms with Crippen LogP contribution in [0.2, 0.25) is 0 Å². The van der Waals surface area contributed by atoms with Crippen molar-refractivity contribution in [3.05, 3.63) is 0 Å². The first kappa shape index (κ1) is 15.7. The van der Waals surface area contributed by atoms with Crippen LogP contribution in [0, 0.1) is 0 Å². The highest BCUT2D eigenvalue weighted by Gasteiger charge is 2.25. The number of anilines is 2. The molecule has 2 heterocycles. The summed E-state index contributed by atoms with van der Waals surface area (Å²) in [7, 11) is 0. The maximum Gasteiger partial charge on any atom is 0.323 e. The van der Waals surface area contributed by atoms with E-state index in [0.717, 1.165) is 32.2 Å². The number of rotatable bonds is 7. The second-order valence-corrected chi connectivity index (χ2v) is 5.09. The van der Waals surface area contributed by atoms with Crippen molar-refractivity contribution < 1.29 is 9.84 Å². The van der Waals surface area contributed by atoms with Crippen molar-refractivity contribution in [2.24, 2.45) is 5.84 Å². The van der Waals surface area contributed by atoms with Gasteiger partial charge < -0.3 is 14.7 Å². The smallest absolute Gasteiger partial charge is 0.323 e. The maximum absolute atomic E-state index is 9.22. The van der Waals surface area contributed by atoms with E-state index in [1.807, 2.05) is 6.92 Å². The van der Waals surface area contributed by atoms with Crippen molar-refractivity contribution in [2.45, 2.75) is 45.1 Å². The van der Waals surface area contributed by atoms with E-state index in [4.69, 9.17) is 10.6 Å². The minimum absolute atomic E-state index is 0.160. The van der Waals surface area contributed by atoms with Gasteiger partial charge in [0, 0.05) is 19.2 Å². The summed E-state index contributed by atoms with van der Waals surface area (Å²) < 4.78 is 5.49. The molecule has 4 N–H and O–H groups in total. The van der Waals surface area contributed by atoms with Crippen molar-refractivity contribution in [3.8, 4) is 6.01 Å². The molecule has 1 aromatic rings. The molecule has 0 aliphatic carbocycles. The molecule has 0 radical (unpaired) electrons. The number of aliphatic hydroxyl groups is 1. The van der Waals surface area contributed by atoms with Crippen LogP contribution in [0.15, 0.2) is 0 Å². The van der Waals surface area contributed by atoms with Gasteiger partial charge in [-0.2, -0.15) is 15.0 Å². The third kappa shape index (κ3) is 4.15. The van der Waals surface area contributed by atoms with Crippen LogP contribution in [-0.2, 0) is 0 Å². The molecular formula is C13H24N6O2. The van der Waals surface area contributed by atoms with Crippen molar-refractivity contribution in [1.29, 1.82) is 0 Å². The van der Waals surface area contributed by atoms with Crippen LogP contribution in [0.3, 0.4) is 0 Å². The molecule has 1 aliphatic rings. The largest absolute Gasteiger partial charge is 0.463 e. The van der Waals surface area contributed by atoms with E-state index < -0.39 is 0 Å². The van der Waals surface area contributed by atoms with Crippen LogP contribution < -0.4 is 20.9 Å². The number of aromatic nitrogens is 3. The number of aliphatic hydroxyl groups excluding tert-OH is 1. The SMILES string of the molecule is CCCOc1nc(NN)nc(N2CCCCC2CCO)n1. The summed E-state index contributed by atoms with van der Waals surface area (Å²) in [6.45, 7) is 3.60. The fourth-order valence-electron chi connectivity index (χ4n) is 2.51. The molecule has 8 nitrogen and oxygen atoms in total. The number of nitrogens with two attached hydrogens (primary N) is 1. The van der Waals surface area contributed by atoms with E-state index in [1.165, 1.54) is 0 Å². The quantitative estimate of drug-likeness (QED) is 0.498. The van der Waals surface area contributed by atoms with E-state index >= 15 is 0 Å². The molecule has 0 amide bonds. The Morgan fingerprint density at radius 1 is 1.38 bits per heavy atom. The number of piperidine rings is 1. The minimum atomic E-state index is 0.160. The Morgan fingerprint density at radius 3 is 2.95 bits per heavy atom. The van der Waals surface area contributed by atoms with Gasteiger partial charge in [0.15, 0.2) is 0 Å². The summed E-state index contributed by atoms with van der Waals surface area (Å²) in [5.41, 5.74) is 2.45. The molecule has 1 aromatic heterocycles. The molecule has 0 spiro atoms. The Hall–Kier alpha value is -1.67. The Labute approximate surface area is 124 Å². The van der Waals surface area contributed by atoms with E-state index in [9.17, 15) is 5.11 Å². The summed E-state index contributed by atoms with van der Waals surface area (Å²) >= 11 is 0. The zero-order valence-corrected chi connectivity index (χ0v) is 12.5. The van der Waals surface area contributed by atoms with Crippen LogP contribution in [0.25, 0.3) is 0 Å². The third-order valence-corrected chi connectivity index (χ3v) is 3.51. The van der Waals surface area contributed by atoms with Crippen molar-refractivity contribution in [2.75, 3.05) is 30.1 Å². The Morgan fingerprint density at radius 2 is 2.24 bits per heavy atom. The molecule has 1 saturated heterocycles. The lowest BCUT2D eigenvalue weighted by Crippen LogP contribution is -2.41. The minimum Gasteiger partial charge on any atom is -0.463 e. The standard InChI is InChI=1S/C13H24N6O2/c1-2-9-21-13-16-11(18-14)15-12(17-13)19-7-4-3-5-10(19)6-8-20/h10,20H,2-9,14H2,1H3,(H,15,16,17,18). The maximum atomic E-state index is 9.22. The van der Waals surface area contributed by atoms with Gasteiger partial charge in [0.05, 0.1) is 6.61 Å². The molecule has 21 heavy (non-hydrogen) atoms. The van der Waals surface area contributed by atoms with Gasteiger partial charge >= 0.3 is 6.01 Å². The number of hydrogen-bond acceptors (Lipinski definition) is 8. The van der Waals surface area contributed by atoms with E-state index in [-0.39, 0.29) is 18.7 Å². The lowest BCUT2D eigenvalue weighted by Gasteiger charge is -2.35. The zero-order valence-electron chi connectivity index (χ0n) is 12.5. The molecule has 8 heteroatoms. The average Bonchev–Trinajstić information content (AvgIpc) is 2.53. The van der Waals surface area contributed by atoms with Crippen LogP contribution >= 0.6 is 0 Å². The Kier molecular flexibility index (Phi) is 5.94. The molecule has 1 fully saturated rings. The third-order valence-electron chi connectivity index (χ3n) is 3.51. The topological polar surface area (TPSA) is 109 Å². The van der Waals surface area contributed by atoms with Crippen LogP contribution in [0.5, 0.6) is 6.01 Å². The fraction of sp³-hybridized carbons (Fsp3) is 0.769. The second-order valence-electron chi connectivity index (χ2n) is 5.09. The molecule has 0 saturated carbocycles. The summed E-state index contributed by atoms with van der Waals surface area (Å²) in [5, 5.41) is 9.22. The van der Waals surface area contributed by atoms with Crippen molar-refractivity contribution >= 4 is 11.9 Å². The van der Waals surface area contributed by atoms with Gasteiger partial charge in [-0.05, 0) is 32.1 Å². The number of nitrogens with one attached hydrogen (secondary N) is 1. The number of nitrogens with zero attached hydrogens (tertiary/aromatic N) is 4. The molecule has 2 rings (SSSR count). The lowest BCUT2D eigenvalue weighted by atomic mass is 10.0. The lowest BCUT2D eigenvalue weighted by molar-refractivity contribution is 0.261. The van der Waals surface area contributed by atoms with Gasteiger partial charge in [-0.1, -0.05) is 6.92 Å². The molecule has 1 unspecified atom stereocenters. The first-order valence-electron chi connectivity index (χ1n) is 7.51. The second kappa shape index (κ2) is 7.94. The summed E-state index contributed by atoms with van der Waals surface area (Å²) in [6.07, 6.45) is 4.87. The van der Waals surface area contributed by atoms with Crippen molar-refractivity contribution in [1.82, 2.24) is 15.0 Å². The first-order valence-corrected chi connectivity index (χ1v) is 7.51. The predicted molar refractivity (Wildman–Crippen MR) is 80.1 cm³/mol. The first-order chi connectivity index (χ1) is 10.3. The normalized spacial score (nSPS) is 18.6. The Balaban J connectivity index is 2.22. The van der Waals surface area contributed by atoms with E-state index in [2.05, 4.69) is 25.3 Å². The highest BCUT2D eigenvalue weighted by atomic mass is 16.5. The van der Waals surface area contributed by atoms with Gasteiger partial charge in [-0.15, -0.1) is 0 Å². The van der Waals surface area contributed by atoms with Gasteiger partial charge in [0.2, 0.25) is 11.9 Å². The molecule has 0 aromatic carbocycles. The molecular weight excluding hydrogens is 272 g/mol. The molecule has 1 atom stereocenters. The van der Waals surface area contributed by atoms with Crippen LogP contribution in [0.4, 0.5) is 11.9 Å². The van der Waals surface area contributed by atoms with Crippen molar-refractivity contribution in [3.63, 3.8) is 0 Å². The van der Waals surface area contributed by atoms with Gasteiger partial charge in [0.1, 0.15) is 0 Å².